The van der Waals surface area contributed by atoms with Gasteiger partial charge in [-0.3, -0.25) is 14.9 Å². The average Bonchev–Trinajstić information content (AvgIpc) is 2.34. The Bertz CT molecular complexity index is 702. The molecule has 6 nitrogen and oxygen atoms in total. The van der Waals surface area contributed by atoms with Crippen LogP contribution < -0.4 is 5.56 Å². The zero-order chi connectivity index (χ0) is 14.0. The van der Waals surface area contributed by atoms with Crippen molar-refractivity contribution in [2.75, 3.05) is 0 Å². The topological polar surface area (TPSA) is 78.0 Å². The molecule has 0 radical (unpaired) electrons. The van der Waals surface area contributed by atoms with Gasteiger partial charge in [0.05, 0.1) is 28.3 Å². The molecule has 98 valence electrons. The van der Waals surface area contributed by atoms with Gasteiger partial charge in [-0.05, 0) is 28.7 Å². The third-order valence-electron chi connectivity index (χ3n) is 2.43. The molecule has 0 atom stereocenters. The van der Waals surface area contributed by atoms with E-state index in [0.29, 0.717) is 3.57 Å². The van der Waals surface area contributed by atoms with E-state index in [9.17, 15) is 14.9 Å². The van der Waals surface area contributed by atoms with Crippen molar-refractivity contribution in [2.24, 2.45) is 0 Å². The molecular weight excluding hydrogens is 384 g/mol. The lowest BCUT2D eigenvalue weighted by atomic mass is 10.2. The number of halogens is 2. The van der Waals surface area contributed by atoms with Gasteiger partial charge < -0.3 is 0 Å². The van der Waals surface area contributed by atoms with Gasteiger partial charge in [-0.25, -0.2) is 4.68 Å². The number of benzene rings is 1. The lowest BCUT2D eigenvalue weighted by Gasteiger charge is -2.07. The van der Waals surface area contributed by atoms with E-state index in [1.54, 1.807) is 6.07 Å². The van der Waals surface area contributed by atoms with Crippen molar-refractivity contribution >= 4 is 39.9 Å². The van der Waals surface area contributed by atoms with Crippen LogP contribution in [0.25, 0.3) is 0 Å². The van der Waals surface area contributed by atoms with Gasteiger partial charge in [-0.2, -0.15) is 5.10 Å². The van der Waals surface area contributed by atoms with Crippen LogP contribution in [0.15, 0.2) is 35.3 Å². The third kappa shape index (κ3) is 3.10. The summed E-state index contributed by atoms with van der Waals surface area (Å²) >= 11 is 7.92. The van der Waals surface area contributed by atoms with Gasteiger partial charge in [-0.1, -0.05) is 17.7 Å². The summed E-state index contributed by atoms with van der Waals surface area (Å²) in [5, 5.41) is 15.1. The van der Waals surface area contributed by atoms with Gasteiger partial charge in [0, 0.05) is 15.7 Å². The van der Waals surface area contributed by atoms with E-state index >= 15 is 0 Å². The zero-order valence-electron chi connectivity index (χ0n) is 9.42. The van der Waals surface area contributed by atoms with Crippen molar-refractivity contribution in [3.8, 4) is 0 Å². The predicted octanol–water partition coefficient (Wildman–Crippen LogP) is 2.46. The lowest BCUT2D eigenvalue weighted by molar-refractivity contribution is -0.385. The molecule has 0 aliphatic carbocycles. The molecule has 0 saturated heterocycles. The maximum atomic E-state index is 11.7. The first kappa shape index (κ1) is 13.9. The van der Waals surface area contributed by atoms with E-state index in [1.807, 2.05) is 22.6 Å². The van der Waals surface area contributed by atoms with Crippen LogP contribution in [0.5, 0.6) is 0 Å². The molecule has 0 N–H and O–H groups in total. The number of rotatable bonds is 3. The van der Waals surface area contributed by atoms with Crippen LogP contribution in [0.3, 0.4) is 0 Å². The summed E-state index contributed by atoms with van der Waals surface area (Å²) in [6, 6.07) is 5.78. The number of nitrogens with zero attached hydrogens (tertiary/aromatic N) is 3. The number of nitro benzene ring substituents is 1. The van der Waals surface area contributed by atoms with E-state index in [-0.39, 0.29) is 28.4 Å². The van der Waals surface area contributed by atoms with Crippen molar-refractivity contribution in [3.05, 3.63) is 65.1 Å². The zero-order valence-corrected chi connectivity index (χ0v) is 12.3. The van der Waals surface area contributed by atoms with Crippen molar-refractivity contribution in [2.45, 2.75) is 6.54 Å². The smallest absolute Gasteiger partial charge is 0.268 e. The summed E-state index contributed by atoms with van der Waals surface area (Å²) in [6.45, 7) is -0.0360. The highest BCUT2D eigenvalue weighted by atomic mass is 127. The molecule has 1 aromatic heterocycles. The molecule has 1 heterocycles. The van der Waals surface area contributed by atoms with E-state index in [1.165, 1.54) is 24.4 Å². The second kappa shape index (κ2) is 5.66. The predicted molar refractivity (Wildman–Crippen MR) is 78.4 cm³/mol. The van der Waals surface area contributed by atoms with E-state index < -0.39 is 4.92 Å². The van der Waals surface area contributed by atoms with E-state index in [0.717, 1.165) is 4.68 Å². The average molecular weight is 392 g/mol. The summed E-state index contributed by atoms with van der Waals surface area (Å²) in [6.07, 6.45) is 1.50. The lowest BCUT2D eigenvalue weighted by Crippen LogP contribution is -2.23. The minimum atomic E-state index is -0.529. The Morgan fingerprint density at radius 2 is 2.21 bits per heavy atom. The number of hydrogen-bond acceptors (Lipinski definition) is 4. The fourth-order valence-corrected chi connectivity index (χ4v) is 2.18. The van der Waals surface area contributed by atoms with Crippen molar-refractivity contribution in [3.63, 3.8) is 0 Å². The Morgan fingerprint density at radius 1 is 1.47 bits per heavy atom. The van der Waals surface area contributed by atoms with Crippen LogP contribution in [0.4, 0.5) is 5.69 Å². The van der Waals surface area contributed by atoms with E-state index in [2.05, 4.69) is 5.10 Å². The fraction of sp³-hybridized carbons (Fsp3) is 0.0909. The van der Waals surface area contributed by atoms with Gasteiger partial charge in [0.15, 0.2) is 0 Å². The highest BCUT2D eigenvalue weighted by Crippen LogP contribution is 2.26. The molecule has 0 bridgehead atoms. The molecule has 2 rings (SSSR count). The molecule has 19 heavy (non-hydrogen) atoms. The third-order valence-corrected chi connectivity index (χ3v) is 3.38. The molecule has 0 spiro atoms. The molecule has 0 fully saturated rings. The normalized spacial score (nSPS) is 10.4. The van der Waals surface area contributed by atoms with Gasteiger partial charge in [0.2, 0.25) is 0 Å². The van der Waals surface area contributed by atoms with Crippen LogP contribution in [0.2, 0.25) is 5.02 Å². The first-order chi connectivity index (χ1) is 8.99. The fourth-order valence-electron chi connectivity index (χ4n) is 1.55. The minimum Gasteiger partial charge on any atom is -0.268 e. The molecule has 2 aromatic rings. The van der Waals surface area contributed by atoms with Crippen LogP contribution in [-0.2, 0) is 6.54 Å². The summed E-state index contributed by atoms with van der Waals surface area (Å²) in [5.41, 5.74) is -0.189. The molecule has 1 aromatic carbocycles. The van der Waals surface area contributed by atoms with Gasteiger partial charge in [-0.15, -0.1) is 0 Å². The van der Waals surface area contributed by atoms with Crippen molar-refractivity contribution < 1.29 is 4.92 Å². The standard InChI is InChI=1S/C11H7ClIN3O3/c12-9-2-1-3-10(16(18)19)8(9)6-15-11(17)4-7(13)5-14-15/h1-5H,6H2. The SMILES string of the molecule is O=c1cc(I)cnn1Cc1c(Cl)cccc1[N+](=O)[O-]. The van der Waals surface area contributed by atoms with Gasteiger partial charge >= 0.3 is 0 Å². The largest absolute Gasteiger partial charge is 0.275 e. The summed E-state index contributed by atoms with van der Waals surface area (Å²) in [5.74, 6) is 0. The minimum absolute atomic E-state index is 0.0360. The highest BCUT2D eigenvalue weighted by Gasteiger charge is 2.17. The van der Waals surface area contributed by atoms with Crippen LogP contribution in [-0.4, -0.2) is 14.7 Å². The first-order valence-corrected chi connectivity index (χ1v) is 6.59. The summed E-state index contributed by atoms with van der Waals surface area (Å²) in [4.78, 5) is 22.1. The number of hydrogen-bond donors (Lipinski definition) is 0. The molecular formula is C11H7ClIN3O3. The highest BCUT2D eigenvalue weighted by molar-refractivity contribution is 14.1. The molecule has 0 aliphatic rings. The Morgan fingerprint density at radius 3 is 2.84 bits per heavy atom. The Labute approximate surface area is 126 Å². The number of aromatic nitrogens is 2. The summed E-state index contributed by atoms with van der Waals surface area (Å²) < 4.78 is 1.84. The Balaban J connectivity index is 2.49. The van der Waals surface area contributed by atoms with Gasteiger partial charge in [0.25, 0.3) is 11.2 Å². The van der Waals surface area contributed by atoms with Crippen LogP contribution in [0, 0.1) is 13.7 Å². The quantitative estimate of drug-likeness (QED) is 0.457. The van der Waals surface area contributed by atoms with Crippen molar-refractivity contribution in [1.29, 1.82) is 0 Å². The second-order valence-corrected chi connectivity index (χ2v) is 5.32. The maximum absolute atomic E-state index is 11.7. The molecule has 0 unspecified atom stereocenters. The molecule has 0 saturated carbocycles. The van der Waals surface area contributed by atoms with E-state index in [4.69, 9.17) is 11.6 Å². The molecule has 8 heteroatoms. The molecule has 0 aliphatic heterocycles. The first-order valence-electron chi connectivity index (χ1n) is 5.13. The van der Waals surface area contributed by atoms with Crippen LogP contribution in [0.1, 0.15) is 5.56 Å². The van der Waals surface area contributed by atoms with Crippen LogP contribution >= 0.6 is 34.2 Å². The Kier molecular flexibility index (Phi) is 4.15. The molecule has 0 amide bonds. The summed E-state index contributed by atoms with van der Waals surface area (Å²) in [7, 11) is 0. The monoisotopic (exact) mass is 391 g/mol. The second-order valence-electron chi connectivity index (χ2n) is 3.66. The number of nitro groups is 1. The maximum Gasteiger partial charge on any atom is 0.275 e. The van der Waals surface area contributed by atoms with Gasteiger partial charge in [0.1, 0.15) is 0 Å². The Hall–Kier alpha value is -1.48. The van der Waals surface area contributed by atoms with Crippen molar-refractivity contribution in [1.82, 2.24) is 9.78 Å².